The molecule has 0 aliphatic rings. The number of nitrogens with one attached hydrogen (secondary N) is 1. The SMILES string of the molecule is Cc1ccc(N)cc1NC(=O)COC(C)C(C)C. The number of anilines is 2. The van der Waals surface area contributed by atoms with Crippen molar-refractivity contribution < 1.29 is 9.53 Å². The maximum Gasteiger partial charge on any atom is 0.250 e. The maximum absolute atomic E-state index is 11.7. The lowest BCUT2D eigenvalue weighted by molar-refractivity contribution is -0.123. The number of nitrogen functional groups attached to an aromatic ring is 1. The zero-order valence-corrected chi connectivity index (χ0v) is 11.5. The molecule has 100 valence electrons. The molecule has 1 unspecified atom stereocenters. The van der Waals surface area contributed by atoms with Gasteiger partial charge in [0.1, 0.15) is 6.61 Å². The van der Waals surface area contributed by atoms with E-state index in [1.807, 2.05) is 26.0 Å². The molecule has 0 aromatic heterocycles. The molecule has 0 fully saturated rings. The lowest BCUT2D eigenvalue weighted by atomic mass is 10.1. The van der Waals surface area contributed by atoms with Crippen LogP contribution in [0, 0.1) is 12.8 Å². The lowest BCUT2D eigenvalue weighted by Gasteiger charge is -2.16. The minimum atomic E-state index is -0.156. The Morgan fingerprint density at radius 1 is 1.39 bits per heavy atom. The molecule has 0 heterocycles. The van der Waals surface area contributed by atoms with Gasteiger partial charge < -0.3 is 15.8 Å². The number of rotatable bonds is 5. The summed E-state index contributed by atoms with van der Waals surface area (Å²) in [6, 6.07) is 5.43. The van der Waals surface area contributed by atoms with Crippen LogP contribution in [0.15, 0.2) is 18.2 Å². The Kier molecular flexibility index (Phi) is 5.16. The summed E-state index contributed by atoms with van der Waals surface area (Å²) in [4.78, 5) is 11.7. The molecule has 4 nitrogen and oxygen atoms in total. The molecule has 18 heavy (non-hydrogen) atoms. The normalized spacial score (nSPS) is 12.5. The van der Waals surface area contributed by atoms with Gasteiger partial charge in [0.05, 0.1) is 6.10 Å². The highest BCUT2D eigenvalue weighted by Gasteiger charge is 2.11. The van der Waals surface area contributed by atoms with Gasteiger partial charge in [-0.05, 0) is 37.5 Å². The first-order chi connectivity index (χ1) is 8.40. The van der Waals surface area contributed by atoms with Crippen molar-refractivity contribution in [3.63, 3.8) is 0 Å². The highest BCUT2D eigenvalue weighted by molar-refractivity contribution is 5.92. The van der Waals surface area contributed by atoms with E-state index >= 15 is 0 Å². The molecule has 0 aliphatic heterocycles. The van der Waals surface area contributed by atoms with E-state index in [1.54, 1.807) is 6.07 Å². The van der Waals surface area contributed by atoms with Gasteiger partial charge >= 0.3 is 0 Å². The van der Waals surface area contributed by atoms with Crippen LogP contribution >= 0.6 is 0 Å². The third-order valence-electron chi connectivity index (χ3n) is 2.95. The first-order valence-electron chi connectivity index (χ1n) is 6.17. The largest absolute Gasteiger partial charge is 0.399 e. The van der Waals surface area contributed by atoms with Crippen LogP contribution in [0.25, 0.3) is 0 Å². The fraction of sp³-hybridized carbons (Fsp3) is 0.500. The van der Waals surface area contributed by atoms with Crippen molar-refractivity contribution in [3.8, 4) is 0 Å². The Hall–Kier alpha value is -1.55. The number of aryl methyl sites for hydroxylation is 1. The zero-order chi connectivity index (χ0) is 13.7. The summed E-state index contributed by atoms with van der Waals surface area (Å²) in [6.07, 6.45) is 0.0673. The van der Waals surface area contributed by atoms with Crippen molar-refractivity contribution in [2.45, 2.75) is 33.8 Å². The second kappa shape index (κ2) is 6.40. The predicted molar refractivity (Wildman–Crippen MR) is 74.5 cm³/mol. The van der Waals surface area contributed by atoms with E-state index in [2.05, 4.69) is 19.2 Å². The molecular weight excluding hydrogens is 228 g/mol. The quantitative estimate of drug-likeness (QED) is 0.789. The fourth-order valence-electron chi connectivity index (χ4n) is 1.36. The number of nitrogens with two attached hydrogens (primary N) is 1. The van der Waals surface area contributed by atoms with Crippen molar-refractivity contribution in [2.24, 2.45) is 5.92 Å². The van der Waals surface area contributed by atoms with Crippen LogP contribution in [0.1, 0.15) is 26.3 Å². The Labute approximate surface area is 109 Å². The number of carbonyl (C=O) groups is 1. The van der Waals surface area contributed by atoms with E-state index in [0.29, 0.717) is 11.6 Å². The molecule has 3 N–H and O–H groups in total. The van der Waals surface area contributed by atoms with Crippen molar-refractivity contribution in [3.05, 3.63) is 23.8 Å². The topological polar surface area (TPSA) is 64.3 Å². The van der Waals surface area contributed by atoms with Crippen LogP contribution < -0.4 is 11.1 Å². The van der Waals surface area contributed by atoms with Crippen LogP contribution in [0.4, 0.5) is 11.4 Å². The highest BCUT2D eigenvalue weighted by atomic mass is 16.5. The first kappa shape index (κ1) is 14.5. The standard InChI is InChI=1S/C14H22N2O2/c1-9(2)11(4)18-8-14(17)16-13-7-12(15)6-5-10(13)3/h5-7,9,11H,8,15H2,1-4H3,(H,16,17). The maximum atomic E-state index is 11.7. The molecule has 0 radical (unpaired) electrons. The van der Waals surface area contributed by atoms with Gasteiger partial charge in [-0.1, -0.05) is 19.9 Å². The third-order valence-corrected chi connectivity index (χ3v) is 2.95. The fourth-order valence-corrected chi connectivity index (χ4v) is 1.36. The molecule has 1 aromatic carbocycles. The van der Waals surface area contributed by atoms with Crippen molar-refractivity contribution in [1.82, 2.24) is 0 Å². The van der Waals surface area contributed by atoms with Crippen molar-refractivity contribution in [2.75, 3.05) is 17.7 Å². The van der Waals surface area contributed by atoms with E-state index in [0.717, 1.165) is 11.3 Å². The van der Waals surface area contributed by atoms with E-state index in [-0.39, 0.29) is 18.6 Å². The molecule has 0 spiro atoms. The highest BCUT2D eigenvalue weighted by Crippen LogP contribution is 2.18. The predicted octanol–water partition coefficient (Wildman–Crippen LogP) is 2.58. The molecule has 4 heteroatoms. The number of hydrogen-bond donors (Lipinski definition) is 2. The minimum Gasteiger partial charge on any atom is -0.399 e. The molecule has 1 amide bonds. The van der Waals surface area contributed by atoms with Gasteiger partial charge in [0.2, 0.25) is 5.91 Å². The van der Waals surface area contributed by atoms with Crippen molar-refractivity contribution >= 4 is 17.3 Å². The van der Waals surface area contributed by atoms with Gasteiger partial charge in [-0.3, -0.25) is 4.79 Å². The monoisotopic (exact) mass is 250 g/mol. The van der Waals surface area contributed by atoms with E-state index in [4.69, 9.17) is 10.5 Å². The third kappa shape index (κ3) is 4.37. The van der Waals surface area contributed by atoms with Gasteiger partial charge in [0, 0.05) is 11.4 Å². The Morgan fingerprint density at radius 3 is 2.67 bits per heavy atom. The number of ether oxygens (including phenoxy) is 1. The average molecular weight is 250 g/mol. The van der Waals surface area contributed by atoms with E-state index < -0.39 is 0 Å². The molecule has 1 atom stereocenters. The van der Waals surface area contributed by atoms with Crippen LogP contribution in [-0.2, 0) is 9.53 Å². The number of carbonyl (C=O) groups excluding carboxylic acids is 1. The van der Waals surface area contributed by atoms with Crippen LogP contribution in [0.5, 0.6) is 0 Å². The Morgan fingerprint density at radius 2 is 2.06 bits per heavy atom. The van der Waals surface area contributed by atoms with Gasteiger partial charge in [-0.15, -0.1) is 0 Å². The summed E-state index contributed by atoms with van der Waals surface area (Å²) in [5.41, 5.74) is 8.03. The molecule has 1 rings (SSSR count). The molecule has 1 aromatic rings. The van der Waals surface area contributed by atoms with Crippen LogP contribution in [-0.4, -0.2) is 18.6 Å². The van der Waals surface area contributed by atoms with Crippen LogP contribution in [0.3, 0.4) is 0 Å². The Balaban J connectivity index is 2.52. The number of amides is 1. The zero-order valence-electron chi connectivity index (χ0n) is 11.5. The second-order valence-electron chi connectivity index (χ2n) is 4.88. The molecule has 0 saturated carbocycles. The number of benzene rings is 1. The summed E-state index contributed by atoms with van der Waals surface area (Å²) in [6.45, 7) is 8.07. The summed E-state index contributed by atoms with van der Waals surface area (Å²) < 4.78 is 5.46. The van der Waals surface area contributed by atoms with Gasteiger partial charge in [-0.2, -0.15) is 0 Å². The van der Waals surface area contributed by atoms with Crippen LogP contribution in [0.2, 0.25) is 0 Å². The van der Waals surface area contributed by atoms with E-state index in [9.17, 15) is 4.79 Å². The average Bonchev–Trinajstić information content (AvgIpc) is 2.30. The summed E-state index contributed by atoms with van der Waals surface area (Å²) >= 11 is 0. The first-order valence-corrected chi connectivity index (χ1v) is 6.17. The molecule has 0 aliphatic carbocycles. The van der Waals surface area contributed by atoms with E-state index in [1.165, 1.54) is 0 Å². The van der Waals surface area contributed by atoms with Gasteiger partial charge in [0.15, 0.2) is 0 Å². The smallest absolute Gasteiger partial charge is 0.250 e. The second-order valence-corrected chi connectivity index (χ2v) is 4.88. The van der Waals surface area contributed by atoms with Gasteiger partial charge in [0.25, 0.3) is 0 Å². The summed E-state index contributed by atoms with van der Waals surface area (Å²) in [7, 11) is 0. The Bertz CT molecular complexity index is 416. The summed E-state index contributed by atoms with van der Waals surface area (Å²) in [5.74, 6) is 0.239. The molecular formula is C14H22N2O2. The molecule has 0 bridgehead atoms. The lowest BCUT2D eigenvalue weighted by Crippen LogP contribution is -2.24. The number of hydrogen-bond acceptors (Lipinski definition) is 3. The van der Waals surface area contributed by atoms with Gasteiger partial charge in [-0.25, -0.2) is 0 Å². The van der Waals surface area contributed by atoms with Crippen molar-refractivity contribution in [1.29, 1.82) is 0 Å². The minimum absolute atomic E-state index is 0.0631. The summed E-state index contributed by atoms with van der Waals surface area (Å²) in [5, 5.41) is 2.80. The molecule has 0 saturated heterocycles.